The smallest absolute Gasteiger partial charge is 0.149 e. The fourth-order valence-electron chi connectivity index (χ4n) is 3.98. The van der Waals surface area contributed by atoms with Gasteiger partial charge in [-0.15, -0.1) is 0 Å². The van der Waals surface area contributed by atoms with Crippen molar-refractivity contribution >= 4 is 17.2 Å². The molecule has 4 rings (SSSR count). The minimum atomic E-state index is -0.668. The van der Waals surface area contributed by atoms with Gasteiger partial charge in [0, 0.05) is 24.4 Å². The van der Waals surface area contributed by atoms with Crippen LogP contribution in [0.2, 0.25) is 0 Å². The molecule has 1 aliphatic rings. The van der Waals surface area contributed by atoms with E-state index in [0.717, 1.165) is 29.6 Å². The molecule has 35 heavy (non-hydrogen) atoms. The molecule has 1 unspecified atom stereocenters. The van der Waals surface area contributed by atoms with E-state index >= 15 is 0 Å². The van der Waals surface area contributed by atoms with Gasteiger partial charge in [-0.1, -0.05) is 77.4 Å². The zero-order valence-corrected chi connectivity index (χ0v) is 21.6. The first-order valence-corrected chi connectivity index (χ1v) is 12.3. The van der Waals surface area contributed by atoms with E-state index in [9.17, 15) is 8.78 Å². The molecule has 4 nitrogen and oxygen atoms in total. The Bertz CT molecular complexity index is 1130. The molecule has 0 fully saturated rings. The van der Waals surface area contributed by atoms with E-state index in [1.165, 1.54) is 17.2 Å². The molecule has 3 aromatic rings. The van der Waals surface area contributed by atoms with Gasteiger partial charge in [-0.05, 0) is 47.2 Å². The van der Waals surface area contributed by atoms with Crippen molar-refractivity contribution in [3.05, 3.63) is 94.6 Å². The third kappa shape index (κ3) is 7.04. The van der Waals surface area contributed by atoms with Crippen LogP contribution in [0.25, 0.3) is 0 Å². The predicted molar refractivity (Wildman–Crippen MR) is 145 cm³/mol. The van der Waals surface area contributed by atoms with E-state index in [4.69, 9.17) is 5.73 Å². The van der Waals surface area contributed by atoms with Crippen LogP contribution in [0.4, 0.5) is 20.2 Å². The average Bonchev–Trinajstić information content (AvgIpc) is 2.88. The standard InChI is InChI=1S/C18H21N3.C9H11F2N.C2H6/c1-12(2)13-8-4-5-9-14(13)18-20-16-11-7-6-10-15(16)17(19-3)21-18;1-2-3-6-4-7(10)5-8(11)9(6)12;1-2/h4-12,18,20H,1-3H3,(H,19,21);4-5H,2-3,12H2,1H3;1-2H3. The number of aryl methyl sites for hydroxylation is 1. The Morgan fingerprint density at radius 1 is 0.971 bits per heavy atom. The van der Waals surface area contributed by atoms with E-state index in [1.807, 2.05) is 33.9 Å². The maximum Gasteiger partial charge on any atom is 0.149 e. The normalized spacial score (nSPS) is 15.1. The van der Waals surface area contributed by atoms with Crippen LogP contribution in [-0.4, -0.2) is 12.9 Å². The number of fused-ring (bicyclic) bond motifs is 1. The van der Waals surface area contributed by atoms with Gasteiger partial charge < -0.3 is 16.4 Å². The average molecular weight is 481 g/mol. The summed E-state index contributed by atoms with van der Waals surface area (Å²) < 4.78 is 25.4. The summed E-state index contributed by atoms with van der Waals surface area (Å²) in [6.07, 6.45) is 1.49. The van der Waals surface area contributed by atoms with E-state index in [0.29, 0.717) is 17.9 Å². The van der Waals surface area contributed by atoms with Crippen molar-refractivity contribution in [1.82, 2.24) is 5.32 Å². The maximum atomic E-state index is 12.8. The number of amidine groups is 1. The fourth-order valence-corrected chi connectivity index (χ4v) is 3.98. The SMILES string of the molecule is CC.CCCc1cc(F)cc(F)c1N.CN=C1NC(c2ccccc2C(C)C)Nc2ccccc21. The Kier molecular flexibility index (Phi) is 10.7. The van der Waals surface area contributed by atoms with Crippen molar-refractivity contribution in [3.63, 3.8) is 0 Å². The molecule has 4 N–H and O–H groups in total. The number of halogens is 2. The van der Waals surface area contributed by atoms with Gasteiger partial charge in [0.1, 0.15) is 23.6 Å². The highest BCUT2D eigenvalue weighted by atomic mass is 19.1. The monoisotopic (exact) mass is 480 g/mol. The van der Waals surface area contributed by atoms with Gasteiger partial charge in [0.15, 0.2) is 0 Å². The number of para-hydroxylation sites is 1. The molecular weight excluding hydrogens is 442 g/mol. The molecule has 0 spiro atoms. The lowest BCUT2D eigenvalue weighted by atomic mass is 9.94. The minimum Gasteiger partial charge on any atom is -0.396 e. The number of hydrogen-bond acceptors (Lipinski definition) is 3. The first-order chi connectivity index (χ1) is 16.8. The van der Waals surface area contributed by atoms with Crippen LogP contribution in [0.3, 0.4) is 0 Å². The Morgan fingerprint density at radius 2 is 1.63 bits per heavy atom. The van der Waals surface area contributed by atoms with Crippen molar-refractivity contribution in [2.24, 2.45) is 4.99 Å². The summed E-state index contributed by atoms with van der Waals surface area (Å²) in [4.78, 5) is 4.40. The highest BCUT2D eigenvalue weighted by Gasteiger charge is 2.24. The highest BCUT2D eigenvalue weighted by Crippen LogP contribution is 2.30. The van der Waals surface area contributed by atoms with Gasteiger partial charge in [0.25, 0.3) is 0 Å². The molecule has 6 heteroatoms. The second-order valence-electron chi connectivity index (χ2n) is 8.33. The Morgan fingerprint density at radius 3 is 2.29 bits per heavy atom. The van der Waals surface area contributed by atoms with E-state index in [2.05, 4.69) is 71.9 Å². The number of nitrogens with zero attached hydrogens (tertiary/aromatic N) is 1. The highest BCUT2D eigenvalue weighted by molar-refractivity contribution is 6.05. The zero-order valence-electron chi connectivity index (χ0n) is 21.6. The molecule has 3 aromatic carbocycles. The van der Waals surface area contributed by atoms with Crippen molar-refractivity contribution in [2.45, 2.75) is 59.5 Å². The maximum absolute atomic E-state index is 12.8. The third-order valence-corrected chi connectivity index (χ3v) is 5.62. The lowest BCUT2D eigenvalue weighted by Gasteiger charge is -2.32. The number of aliphatic imine (C=N–C) groups is 1. The molecule has 1 aliphatic heterocycles. The summed E-state index contributed by atoms with van der Waals surface area (Å²) in [5.41, 5.74) is 10.9. The summed E-state index contributed by atoms with van der Waals surface area (Å²) in [7, 11) is 1.83. The summed E-state index contributed by atoms with van der Waals surface area (Å²) in [5.74, 6) is 0.195. The second kappa shape index (κ2) is 13.5. The molecule has 0 radical (unpaired) electrons. The topological polar surface area (TPSA) is 62.4 Å². The van der Waals surface area contributed by atoms with Gasteiger partial charge in [-0.25, -0.2) is 8.78 Å². The Labute approximate surface area is 208 Å². The largest absolute Gasteiger partial charge is 0.396 e. The van der Waals surface area contributed by atoms with Crippen LogP contribution >= 0.6 is 0 Å². The van der Waals surface area contributed by atoms with Crippen molar-refractivity contribution in [1.29, 1.82) is 0 Å². The number of anilines is 2. The van der Waals surface area contributed by atoms with Crippen LogP contribution in [0, 0.1) is 11.6 Å². The van der Waals surface area contributed by atoms with Gasteiger partial charge in [0.05, 0.1) is 5.69 Å². The molecule has 1 heterocycles. The van der Waals surface area contributed by atoms with Gasteiger partial charge in [-0.3, -0.25) is 4.99 Å². The number of benzene rings is 3. The van der Waals surface area contributed by atoms with E-state index < -0.39 is 11.6 Å². The predicted octanol–water partition coefficient (Wildman–Crippen LogP) is 7.43. The Hall–Kier alpha value is -3.41. The van der Waals surface area contributed by atoms with Gasteiger partial charge in [-0.2, -0.15) is 0 Å². The van der Waals surface area contributed by atoms with E-state index in [-0.39, 0.29) is 11.9 Å². The summed E-state index contributed by atoms with van der Waals surface area (Å²) in [6, 6.07) is 18.9. The molecule has 188 valence electrons. The molecular formula is C29H38F2N4. The van der Waals surface area contributed by atoms with Crippen molar-refractivity contribution in [2.75, 3.05) is 18.1 Å². The molecule has 0 saturated heterocycles. The number of hydrogen-bond donors (Lipinski definition) is 3. The van der Waals surface area contributed by atoms with E-state index in [1.54, 1.807) is 0 Å². The summed E-state index contributed by atoms with van der Waals surface area (Å²) in [6.45, 7) is 10.4. The van der Waals surface area contributed by atoms with Crippen LogP contribution in [-0.2, 0) is 6.42 Å². The van der Waals surface area contributed by atoms with Crippen LogP contribution in [0.1, 0.15) is 75.4 Å². The zero-order chi connectivity index (χ0) is 26.0. The lowest BCUT2D eigenvalue weighted by Crippen LogP contribution is -2.39. The summed E-state index contributed by atoms with van der Waals surface area (Å²) in [5, 5.41) is 7.09. The van der Waals surface area contributed by atoms with Gasteiger partial charge >= 0.3 is 0 Å². The van der Waals surface area contributed by atoms with Crippen molar-refractivity contribution in [3.8, 4) is 0 Å². The molecule has 0 bridgehead atoms. The number of rotatable bonds is 4. The molecule has 0 aromatic heterocycles. The molecule has 0 aliphatic carbocycles. The molecule has 0 saturated carbocycles. The van der Waals surface area contributed by atoms with Crippen molar-refractivity contribution < 1.29 is 8.78 Å². The third-order valence-electron chi connectivity index (χ3n) is 5.62. The number of nitrogens with two attached hydrogens (primary N) is 1. The number of nitrogens with one attached hydrogen (secondary N) is 2. The van der Waals surface area contributed by atoms with Crippen LogP contribution in [0.15, 0.2) is 65.7 Å². The Balaban J connectivity index is 0.000000263. The fraction of sp³-hybridized carbons (Fsp3) is 0.345. The molecule has 0 amide bonds. The lowest BCUT2D eigenvalue weighted by molar-refractivity contribution is 0.582. The van der Waals surface area contributed by atoms with Gasteiger partial charge in [0.2, 0.25) is 0 Å². The first-order valence-electron chi connectivity index (χ1n) is 12.3. The van der Waals surface area contributed by atoms with Crippen LogP contribution < -0.4 is 16.4 Å². The molecule has 1 atom stereocenters. The van der Waals surface area contributed by atoms with Crippen LogP contribution in [0.5, 0.6) is 0 Å². The quantitative estimate of drug-likeness (QED) is 0.340. The first kappa shape index (κ1) is 27.8. The summed E-state index contributed by atoms with van der Waals surface area (Å²) >= 11 is 0. The minimum absolute atomic E-state index is 0.0530. The second-order valence-corrected chi connectivity index (χ2v) is 8.33. The number of nitrogen functional groups attached to an aromatic ring is 1.